The highest BCUT2D eigenvalue weighted by Crippen LogP contribution is 2.43. The summed E-state index contributed by atoms with van der Waals surface area (Å²) in [7, 11) is 0. The number of aromatic hydroxyl groups is 1. The molecule has 3 aromatic rings. The number of aromatic nitrogens is 1. The molecule has 4 rings (SSSR count). The number of hydrogen-bond donors (Lipinski definition) is 1. The maximum atomic E-state index is 10.5. The molecule has 0 saturated carbocycles. The van der Waals surface area contributed by atoms with E-state index in [1.807, 2.05) is 24.3 Å². The highest BCUT2D eigenvalue weighted by molar-refractivity contribution is 6.32. The molecule has 0 fully saturated rings. The molecule has 0 amide bonds. The predicted molar refractivity (Wildman–Crippen MR) is 78.5 cm³/mol. The molecule has 1 aliphatic rings. The molecule has 0 spiro atoms. The van der Waals surface area contributed by atoms with Gasteiger partial charge in [0, 0.05) is 28.8 Å². The zero-order valence-electron chi connectivity index (χ0n) is 11.5. The number of phenols is 1. The van der Waals surface area contributed by atoms with Gasteiger partial charge in [0.15, 0.2) is 18.4 Å². The molecule has 22 heavy (non-hydrogen) atoms. The monoisotopic (exact) mass is 333 g/mol. The molecule has 2 aromatic heterocycles. The highest BCUT2D eigenvalue weighted by atomic mass is 35.5. The molecule has 5 heteroatoms. The van der Waals surface area contributed by atoms with Crippen molar-refractivity contribution in [2.45, 2.75) is 12.5 Å². The van der Waals surface area contributed by atoms with E-state index in [-0.39, 0.29) is 24.1 Å². The second-order valence-corrected chi connectivity index (χ2v) is 5.62. The van der Waals surface area contributed by atoms with Gasteiger partial charge in [-0.1, -0.05) is 23.7 Å². The molecule has 112 valence electrons. The van der Waals surface area contributed by atoms with E-state index in [4.69, 9.17) is 16.0 Å². The predicted octanol–water partition coefficient (Wildman–Crippen LogP) is 0.472. The lowest BCUT2D eigenvalue weighted by Gasteiger charge is -2.24. The molecular weight excluding hydrogens is 321 g/mol. The summed E-state index contributed by atoms with van der Waals surface area (Å²) in [6.07, 6.45) is 5.42. The van der Waals surface area contributed by atoms with Crippen LogP contribution in [0.3, 0.4) is 0 Å². The average Bonchev–Trinajstić information content (AvgIpc) is 3.03. The lowest BCUT2D eigenvalue weighted by Crippen LogP contribution is -3.00. The number of phenolic OH excluding ortho intramolecular Hbond substituents is 1. The molecule has 3 nitrogen and oxygen atoms in total. The van der Waals surface area contributed by atoms with E-state index in [0.717, 1.165) is 28.9 Å². The van der Waals surface area contributed by atoms with Crippen molar-refractivity contribution in [3.05, 3.63) is 82.5 Å². The number of halogens is 2. The zero-order chi connectivity index (χ0) is 14.4. The Bertz CT molecular complexity index is 816. The van der Waals surface area contributed by atoms with Crippen LogP contribution in [-0.2, 0) is 6.54 Å². The Labute approximate surface area is 139 Å². The van der Waals surface area contributed by atoms with Gasteiger partial charge in [0.25, 0.3) is 0 Å². The summed E-state index contributed by atoms with van der Waals surface area (Å²) in [5.41, 5.74) is 4.07. The normalized spacial score (nSPS) is 15.6. The van der Waals surface area contributed by atoms with Crippen molar-refractivity contribution in [2.24, 2.45) is 0 Å². The maximum absolute atomic E-state index is 10.5. The van der Waals surface area contributed by atoms with Gasteiger partial charge in [-0.2, -0.15) is 4.57 Å². The van der Waals surface area contributed by atoms with Crippen molar-refractivity contribution in [2.75, 3.05) is 0 Å². The minimum absolute atomic E-state index is 0. The Morgan fingerprint density at radius 2 is 2.05 bits per heavy atom. The smallest absolute Gasteiger partial charge is 0.193 e. The third-order valence-electron chi connectivity index (χ3n) is 4.04. The number of furan rings is 1. The van der Waals surface area contributed by atoms with Gasteiger partial charge in [-0.05, 0) is 12.1 Å². The summed E-state index contributed by atoms with van der Waals surface area (Å²) in [6.45, 7) is 0.727. The van der Waals surface area contributed by atoms with Crippen molar-refractivity contribution in [1.82, 2.24) is 0 Å². The van der Waals surface area contributed by atoms with E-state index >= 15 is 0 Å². The van der Waals surface area contributed by atoms with Crippen LogP contribution < -0.4 is 17.0 Å². The highest BCUT2D eigenvalue weighted by Gasteiger charge is 2.36. The van der Waals surface area contributed by atoms with Crippen LogP contribution in [0.2, 0.25) is 5.02 Å². The van der Waals surface area contributed by atoms with Crippen molar-refractivity contribution in [3.63, 3.8) is 0 Å². The first kappa shape index (κ1) is 14.9. The standard InChI is InChI=1S/C17H12ClNO2.ClH/c18-13-5-4-11-9-19-7-2-1-3-14(19)15(16(11)17(13)20)12-6-8-21-10-12;/h1-8,10,15H,9H2;1H. The fourth-order valence-electron chi connectivity index (χ4n) is 3.09. The molecule has 0 saturated heterocycles. The van der Waals surface area contributed by atoms with Gasteiger partial charge in [0.1, 0.15) is 11.7 Å². The van der Waals surface area contributed by atoms with Crippen LogP contribution in [0.25, 0.3) is 0 Å². The molecule has 1 N–H and O–H groups in total. The van der Waals surface area contributed by atoms with Crippen LogP contribution in [0.4, 0.5) is 0 Å². The Balaban J connectivity index is 0.00000144. The third-order valence-corrected chi connectivity index (χ3v) is 4.34. The summed E-state index contributed by atoms with van der Waals surface area (Å²) in [6, 6.07) is 11.7. The quantitative estimate of drug-likeness (QED) is 0.514. The molecule has 0 radical (unpaired) electrons. The van der Waals surface area contributed by atoms with Crippen molar-refractivity contribution in [1.29, 1.82) is 0 Å². The SMILES string of the molecule is Oc1c(Cl)ccc2c1C(c1ccoc1)c1cccc[n+]1C2.[Cl-]. The van der Waals surface area contributed by atoms with Gasteiger partial charge in [0.05, 0.1) is 17.5 Å². The summed E-state index contributed by atoms with van der Waals surface area (Å²) in [5, 5.41) is 10.8. The van der Waals surface area contributed by atoms with Crippen LogP contribution >= 0.6 is 11.6 Å². The first-order valence-corrected chi connectivity index (χ1v) is 7.14. The van der Waals surface area contributed by atoms with Crippen molar-refractivity contribution >= 4 is 11.6 Å². The summed E-state index contributed by atoms with van der Waals surface area (Å²) in [4.78, 5) is 0. The van der Waals surface area contributed by atoms with Gasteiger partial charge in [-0.25, -0.2) is 0 Å². The topological polar surface area (TPSA) is 37.3 Å². The fourth-order valence-corrected chi connectivity index (χ4v) is 3.25. The Morgan fingerprint density at radius 3 is 2.82 bits per heavy atom. The summed E-state index contributed by atoms with van der Waals surface area (Å²) in [5.74, 6) is 0.0860. The number of fused-ring (bicyclic) bond motifs is 2. The van der Waals surface area contributed by atoms with Gasteiger partial charge < -0.3 is 21.9 Å². The number of nitrogens with zero attached hydrogens (tertiary/aromatic N) is 1. The van der Waals surface area contributed by atoms with Crippen LogP contribution in [0.5, 0.6) is 5.75 Å². The van der Waals surface area contributed by atoms with Crippen molar-refractivity contribution < 1.29 is 26.5 Å². The second-order valence-electron chi connectivity index (χ2n) is 5.21. The van der Waals surface area contributed by atoms with E-state index in [2.05, 4.69) is 16.8 Å². The summed E-state index contributed by atoms with van der Waals surface area (Å²) >= 11 is 6.12. The number of rotatable bonds is 1. The first-order chi connectivity index (χ1) is 10.3. The largest absolute Gasteiger partial charge is 1.00 e. The van der Waals surface area contributed by atoms with E-state index in [1.165, 1.54) is 0 Å². The van der Waals surface area contributed by atoms with Gasteiger partial charge in [-0.3, -0.25) is 0 Å². The molecule has 0 aliphatic carbocycles. The van der Waals surface area contributed by atoms with Crippen LogP contribution in [0, 0.1) is 0 Å². The molecule has 0 bridgehead atoms. The maximum Gasteiger partial charge on any atom is 0.193 e. The lowest BCUT2D eigenvalue weighted by molar-refractivity contribution is -0.698. The molecule has 3 heterocycles. The zero-order valence-corrected chi connectivity index (χ0v) is 13.1. The summed E-state index contributed by atoms with van der Waals surface area (Å²) < 4.78 is 7.43. The Morgan fingerprint density at radius 1 is 1.18 bits per heavy atom. The lowest BCUT2D eigenvalue weighted by atomic mass is 9.83. The van der Waals surface area contributed by atoms with Crippen molar-refractivity contribution in [3.8, 4) is 5.75 Å². The fraction of sp³-hybridized carbons (Fsp3) is 0.118. The Hall–Kier alpha value is -1.97. The molecular formula is C17H13Cl2NO2. The number of benzene rings is 1. The third kappa shape index (κ3) is 2.18. The molecule has 1 aliphatic heterocycles. The molecule has 1 aromatic carbocycles. The number of hydrogen-bond acceptors (Lipinski definition) is 2. The van der Waals surface area contributed by atoms with Gasteiger partial charge >= 0.3 is 0 Å². The minimum Gasteiger partial charge on any atom is -1.00 e. The van der Waals surface area contributed by atoms with E-state index in [1.54, 1.807) is 18.6 Å². The van der Waals surface area contributed by atoms with E-state index in [0.29, 0.717) is 5.02 Å². The van der Waals surface area contributed by atoms with Crippen LogP contribution in [-0.4, -0.2) is 5.11 Å². The Kier molecular flexibility index (Phi) is 3.85. The molecule has 1 atom stereocenters. The average molecular weight is 334 g/mol. The number of pyridine rings is 1. The van der Waals surface area contributed by atoms with E-state index in [9.17, 15) is 5.11 Å². The second kappa shape index (κ2) is 5.67. The van der Waals surface area contributed by atoms with Gasteiger partial charge in [-0.15, -0.1) is 0 Å². The first-order valence-electron chi connectivity index (χ1n) is 6.76. The van der Waals surface area contributed by atoms with Gasteiger partial charge in [0.2, 0.25) is 0 Å². The molecule has 1 unspecified atom stereocenters. The van der Waals surface area contributed by atoms with Crippen LogP contribution in [0.1, 0.15) is 28.3 Å². The van der Waals surface area contributed by atoms with Crippen LogP contribution in [0.15, 0.2) is 59.5 Å². The minimum atomic E-state index is -0.0765. The van der Waals surface area contributed by atoms with E-state index < -0.39 is 0 Å².